The summed E-state index contributed by atoms with van der Waals surface area (Å²) in [6.07, 6.45) is 3.68. The van der Waals surface area contributed by atoms with Crippen molar-refractivity contribution in [3.8, 4) is 0 Å². The molecule has 4 nitrogen and oxygen atoms in total. The Morgan fingerprint density at radius 2 is 2.12 bits per heavy atom. The lowest BCUT2D eigenvalue weighted by Gasteiger charge is -2.12. The minimum absolute atomic E-state index is 0.682. The number of anilines is 1. The van der Waals surface area contributed by atoms with Crippen molar-refractivity contribution in [2.45, 2.75) is 38.6 Å². The Labute approximate surface area is 103 Å². The van der Waals surface area contributed by atoms with Crippen LogP contribution in [0.1, 0.15) is 43.6 Å². The molecular formula is C13H22N4. The van der Waals surface area contributed by atoms with Gasteiger partial charge in [0.25, 0.3) is 0 Å². The maximum Gasteiger partial charge on any atom is 0.144 e. The molecule has 0 amide bonds. The molecule has 0 atom stereocenters. The molecule has 1 aromatic rings. The standard InChI is InChI=1S/C13H22N4/c1-4-7-14-12-8-11(10-5-6-10)15-13(16-12)9-17(2)3/h8,10H,4-7,9H2,1-3H3,(H,14,15,16). The molecule has 0 spiro atoms. The van der Waals surface area contributed by atoms with Gasteiger partial charge < -0.3 is 10.2 Å². The van der Waals surface area contributed by atoms with Gasteiger partial charge in [-0.05, 0) is 33.4 Å². The summed E-state index contributed by atoms with van der Waals surface area (Å²) in [5.41, 5.74) is 1.22. The van der Waals surface area contributed by atoms with E-state index in [9.17, 15) is 0 Å². The lowest BCUT2D eigenvalue weighted by molar-refractivity contribution is 0.390. The molecule has 1 aliphatic rings. The Balaban J connectivity index is 2.15. The van der Waals surface area contributed by atoms with Crippen molar-refractivity contribution in [2.75, 3.05) is 26.0 Å². The van der Waals surface area contributed by atoms with Crippen molar-refractivity contribution in [3.63, 3.8) is 0 Å². The molecule has 2 rings (SSSR count). The van der Waals surface area contributed by atoms with Gasteiger partial charge in [0.1, 0.15) is 11.6 Å². The van der Waals surface area contributed by atoms with E-state index >= 15 is 0 Å². The molecule has 0 saturated heterocycles. The third-order valence-electron chi connectivity index (χ3n) is 2.80. The average molecular weight is 234 g/mol. The van der Waals surface area contributed by atoms with E-state index in [2.05, 4.69) is 33.2 Å². The number of rotatable bonds is 6. The lowest BCUT2D eigenvalue weighted by Crippen LogP contribution is -2.15. The Hall–Kier alpha value is -1.16. The fourth-order valence-electron chi connectivity index (χ4n) is 1.80. The second kappa shape index (κ2) is 5.45. The Kier molecular flexibility index (Phi) is 3.94. The molecule has 1 heterocycles. The summed E-state index contributed by atoms with van der Waals surface area (Å²) < 4.78 is 0. The van der Waals surface area contributed by atoms with Crippen LogP contribution in [0.5, 0.6) is 0 Å². The Morgan fingerprint density at radius 3 is 2.71 bits per heavy atom. The highest BCUT2D eigenvalue weighted by molar-refractivity contribution is 5.38. The van der Waals surface area contributed by atoms with Gasteiger partial charge in [0.05, 0.1) is 6.54 Å². The summed E-state index contributed by atoms with van der Waals surface area (Å²) in [4.78, 5) is 11.3. The van der Waals surface area contributed by atoms with E-state index in [0.29, 0.717) is 5.92 Å². The summed E-state index contributed by atoms with van der Waals surface area (Å²) in [5.74, 6) is 2.60. The van der Waals surface area contributed by atoms with Crippen LogP contribution < -0.4 is 5.32 Å². The third kappa shape index (κ3) is 3.66. The lowest BCUT2D eigenvalue weighted by atomic mass is 10.2. The fourth-order valence-corrected chi connectivity index (χ4v) is 1.80. The molecular weight excluding hydrogens is 212 g/mol. The number of aromatic nitrogens is 2. The molecule has 1 aliphatic carbocycles. The highest BCUT2D eigenvalue weighted by Crippen LogP contribution is 2.39. The number of nitrogens with zero attached hydrogens (tertiary/aromatic N) is 3. The molecule has 0 radical (unpaired) electrons. The molecule has 1 saturated carbocycles. The monoisotopic (exact) mass is 234 g/mol. The van der Waals surface area contributed by atoms with Gasteiger partial charge in [-0.3, -0.25) is 0 Å². The van der Waals surface area contributed by atoms with Crippen LogP contribution in [0.15, 0.2) is 6.07 Å². The fraction of sp³-hybridized carbons (Fsp3) is 0.692. The third-order valence-corrected chi connectivity index (χ3v) is 2.80. The largest absolute Gasteiger partial charge is 0.370 e. The molecule has 0 bridgehead atoms. The van der Waals surface area contributed by atoms with Crippen LogP contribution in [0, 0.1) is 0 Å². The summed E-state index contributed by atoms with van der Waals surface area (Å²) in [7, 11) is 4.10. The first-order chi connectivity index (χ1) is 8.19. The van der Waals surface area contributed by atoms with E-state index in [4.69, 9.17) is 0 Å². The minimum atomic E-state index is 0.682. The zero-order chi connectivity index (χ0) is 12.3. The van der Waals surface area contributed by atoms with Crippen molar-refractivity contribution in [2.24, 2.45) is 0 Å². The first kappa shape index (κ1) is 12.3. The van der Waals surface area contributed by atoms with E-state index in [1.165, 1.54) is 18.5 Å². The quantitative estimate of drug-likeness (QED) is 0.819. The number of hydrogen-bond donors (Lipinski definition) is 1. The van der Waals surface area contributed by atoms with Crippen molar-refractivity contribution in [1.29, 1.82) is 0 Å². The maximum atomic E-state index is 4.65. The predicted octanol–water partition coefficient (Wildman–Crippen LogP) is 2.24. The van der Waals surface area contributed by atoms with Crippen LogP contribution in [-0.2, 0) is 6.54 Å². The molecule has 17 heavy (non-hydrogen) atoms. The molecule has 1 N–H and O–H groups in total. The van der Waals surface area contributed by atoms with Crippen molar-refractivity contribution in [3.05, 3.63) is 17.6 Å². The number of nitrogens with one attached hydrogen (secondary N) is 1. The minimum Gasteiger partial charge on any atom is -0.370 e. The Bertz CT molecular complexity index is 372. The first-order valence-corrected chi connectivity index (χ1v) is 6.45. The summed E-state index contributed by atoms with van der Waals surface area (Å²) in [6.45, 7) is 3.95. The molecule has 1 aromatic heterocycles. The van der Waals surface area contributed by atoms with Gasteiger partial charge >= 0.3 is 0 Å². The smallest absolute Gasteiger partial charge is 0.144 e. The summed E-state index contributed by atoms with van der Waals surface area (Å²) in [5, 5.41) is 3.36. The first-order valence-electron chi connectivity index (χ1n) is 6.45. The van der Waals surface area contributed by atoms with Gasteiger partial charge in [0.2, 0.25) is 0 Å². The van der Waals surface area contributed by atoms with E-state index in [1.54, 1.807) is 0 Å². The second-order valence-electron chi connectivity index (χ2n) is 5.03. The van der Waals surface area contributed by atoms with Gasteiger partial charge in [0, 0.05) is 24.2 Å². The van der Waals surface area contributed by atoms with E-state index in [1.807, 2.05) is 14.1 Å². The molecule has 0 aromatic carbocycles. The van der Waals surface area contributed by atoms with Crippen molar-refractivity contribution < 1.29 is 0 Å². The van der Waals surface area contributed by atoms with Crippen LogP contribution in [0.25, 0.3) is 0 Å². The molecule has 0 aliphatic heterocycles. The second-order valence-corrected chi connectivity index (χ2v) is 5.03. The molecule has 94 valence electrons. The van der Waals surface area contributed by atoms with E-state index in [-0.39, 0.29) is 0 Å². The molecule has 4 heteroatoms. The molecule has 1 fully saturated rings. The van der Waals surface area contributed by atoms with Gasteiger partial charge in [-0.1, -0.05) is 6.92 Å². The topological polar surface area (TPSA) is 41.1 Å². The van der Waals surface area contributed by atoms with Gasteiger partial charge in [-0.2, -0.15) is 0 Å². The van der Waals surface area contributed by atoms with Crippen LogP contribution in [0.3, 0.4) is 0 Å². The predicted molar refractivity (Wildman–Crippen MR) is 70.2 cm³/mol. The normalized spacial score (nSPS) is 15.3. The van der Waals surface area contributed by atoms with Crippen LogP contribution in [-0.4, -0.2) is 35.5 Å². The van der Waals surface area contributed by atoms with Crippen LogP contribution >= 0.6 is 0 Å². The Morgan fingerprint density at radius 1 is 1.35 bits per heavy atom. The van der Waals surface area contributed by atoms with Crippen LogP contribution in [0.2, 0.25) is 0 Å². The van der Waals surface area contributed by atoms with E-state index in [0.717, 1.165) is 31.2 Å². The number of hydrogen-bond acceptors (Lipinski definition) is 4. The highest BCUT2D eigenvalue weighted by atomic mass is 15.1. The van der Waals surface area contributed by atoms with E-state index < -0.39 is 0 Å². The molecule has 0 unspecified atom stereocenters. The zero-order valence-electron chi connectivity index (χ0n) is 11.0. The van der Waals surface area contributed by atoms with Crippen molar-refractivity contribution >= 4 is 5.82 Å². The highest BCUT2D eigenvalue weighted by Gasteiger charge is 2.26. The maximum absolute atomic E-state index is 4.65. The summed E-state index contributed by atoms with van der Waals surface area (Å²) >= 11 is 0. The van der Waals surface area contributed by atoms with Gasteiger partial charge in [-0.25, -0.2) is 9.97 Å². The average Bonchev–Trinajstić information content (AvgIpc) is 3.08. The zero-order valence-corrected chi connectivity index (χ0v) is 11.0. The van der Waals surface area contributed by atoms with Crippen LogP contribution in [0.4, 0.5) is 5.82 Å². The van der Waals surface area contributed by atoms with Gasteiger partial charge in [0.15, 0.2) is 0 Å². The SMILES string of the molecule is CCCNc1cc(C2CC2)nc(CN(C)C)n1. The van der Waals surface area contributed by atoms with Crippen molar-refractivity contribution in [1.82, 2.24) is 14.9 Å². The van der Waals surface area contributed by atoms with Gasteiger partial charge in [-0.15, -0.1) is 0 Å². The summed E-state index contributed by atoms with van der Waals surface area (Å²) in [6, 6.07) is 2.12.